The molecule has 1 aromatic rings. The van der Waals surface area contributed by atoms with E-state index in [4.69, 9.17) is 9.47 Å². The molecule has 2 atom stereocenters. The molecule has 0 bridgehead atoms. The molecule has 0 aliphatic carbocycles. The van der Waals surface area contributed by atoms with Gasteiger partial charge in [-0.05, 0) is 80.1 Å². The number of hydrogen-bond acceptors (Lipinski definition) is 7. The predicted molar refractivity (Wildman–Crippen MR) is 136 cm³/mol. The Bertz CT molecular complexity index is 832. The van der Waals surface area contributed by atoms with Crippen molar-refractivity contribution in [2.75, 3.05) is 13.1 Å². The number of nitrogens with one attached hydrogen (secondary N) is 3. The van der Waals surface area contributed by atoms with Gasteiger partial charge in [0.2, 0.25) is 0 Å². The Labute approximate surface area is 219 Å². The topological polar surface area (TPSA) is 195 Å². The lowest BCUT2D eigenvalue weighted by atomic mass is 10.1. The van der Waals surface area contributed by atoms with Crippen molar-refractivity contribution in [1.29, 1.82) is 0 Å². The van der Waals surface area contributed by atoms with Crippen LogP contribution in [0.25, 0.3) is 0 Å². The smallest absolute Gasteiger partial charge is 0.329 e. The second-order valence-electron chi connectivity index (χ2n) is 10.9. The highest BCUT2D eigenvalue weighted by molar-refractivity contribution is 6.06. The van der Waals surface area contributed by atoms with Crippen molar-refractivity contribution < 1.29 is 40.1 Å². The molecular weight excluding hydrogens is 480 g/mol. The van der Waals surface area contributed by atoms with Gasteiger partial charge in [-0.3, -0.25) is 9.59 Å². The first-order valence-electron chi connectivity index (χ1n) is 12.9. The highest BCUT2D eigenvalue weighted by atomic mass is 16.6. The molecule has 0 aliphatic rings. The number of hydrogen-bond donors (Lipinski definition) is 5. The SMILES string of the molecule is CC(C)(C)OC(=O)[C@H](CCCC[NH3+])NC(=O)c1nc[nH]c1C(=O)N[C@@H](CCCC[NH3+])C(=O)OC(C)(C)C. The van der Waals surface area contributed by atoms with Crippen molar-refractivity contribution in [3.63, 3.8) is 0 Å². The maximum absolute atomic E-state index is 13.1. The van der Waals surface area contributed by atoms with Gasteiger partial charge in [0.15, 0.2) is 5.69 Å². The molecule has 12 heteroatoms. The zero-order valence-electron chi connectivity index (χ0n) is 23.2. The number of amides is 2. The lowest BCUT2D eigenvalue weighted by Gasteiger charge is -2.25. The summed E-state index contributed by atoms with van der Waals surface area (Å²) in [6, 6.07) is -1.82. The molecule has 0 saturated heterocycles. The van der Waals surface area contributed by atoms with Gasteiger partial charge in [0.1, 0.15) is 29.0 Å². The second kappa shape index (κ2) is 14.7. The Kier molecular flexibility index (Phi) is 12.7. The fraction of sp³-hybridized carbons (Fsp3) is 0.720. The number of H-pyrrole nitrogens is 1. The number of imidazole rings is 1. The van der Waals surface area contributed by atoms with Gasteiger partial charge >= 0.3 is 11.9 Å². The normalized spacial score (nSPS) is 13.4. The molecule has 37 heavy (non-hydrogen) atoms. The largest absolute Gasteiger partial charge is 0.458 e. The zero-order chi connectivity index (χ0) is 28.2. The number of rotatable bonds is 14. The summed E-state index contributed by atoms with van der Waals surface area (Å²) in [5.74, 6) is -2.52. The summed E-state index contributed by atoms with van der Waals surface area (Å²) in [4.78, 5) is 58.3. The van der Waals surface area contributed by atoms with Crippen LogP contribution in [0.2, 0.25) is 0 Å². The van der Waals surface area contributed by atoms with Gasteiger partial charge in [-0.25, -0.2) is 14.6 Å². The number of aromatic nitrogens is 2. The molecule has 0 aromatic carbocycles. The van der Waals surface area contributed by atoms with Crippen molar-refractivity contribution in [2.45, 2.75) is 103 Å². The van der Waals surface area contributed by atoms with Crippen LogP contribution < -0.4 is 22.1 Å². The van der Waals surface area contributed by atoms with Crippen LogP contribution in [0.1, 0.15) is 101 Å². The molecular formula is C25H46N6O6+2. The quantitative estimate of drug-likeness (QED) is 0.168. The highest BCUT2D eigenvalue weighted by Gasteiger charge is 2.31. The molecule has 210 valence electrons. The Balaban J connectivity index is 3.05. The van der Waals surface area contributed by atoms with Crippen LogP contribution in [0, 0.1) is 0 Å². The van der Waals surface area contributed by atoms with E-state index in [9.17, 15) is 19.2 Å². The minimum absolute atomic E-state index is 0.121. The van der Waals surface area contributed by atoms with Gasteiger partial charge < -0.3 is 36.6 Å². The summed E-state index contributed by atoms with van der Waals surface area (Å²) in [5, 5.41) is 5.31. The summed E-state index contributed by atoms with van der Waals surface area (Å²) in [5.41, 5.74) is 5.83. The van der Waals surface area contributed by atoms with E-state index in [0.717, 1.165) is 12.8 Å². The van der Waals surface area contributed by atoms with Crippen LogP contribution in [0.3, 0.4) is 0 Å². The molecule has 12 nitrogen and oxygen atoms in total. The Hall–Kier alpha value is -2.99. The van der Waals surface area contributed by atoms with Crippen molar-refractivity contribution in [3.05, 3.63) is 17.7 Å². The van der Waals surface area contributed by atoms with Gasteiger partial charge in [0.05, 0.1) is 19.4 Å². The predicted octanol–water partition coefficient (Wildman–Crippen LogP) is 0.114. The van der Waals surface area contributed by atoms with Crippen LogP contribution in [0.4, 0.5) is 0 Å². The Morgan fingerprint density at radius 1 is 0.811 bits per heavy atom. The van der Waals surface area contributed by atoms with E-state index < -0.39 is 47.0 Å². The van der Waals surface area contributed by atoms with E-state index in [2.05, 4.69) is 32.1 Å². The minimum Gasteiger partial charge on any atom is -0.458 e. The number of aromatic amines is 1. The fourth-order valence-electron chi connectivity index (χ4n) is 3.39. The third kappa shape index (κ3) is 12.2. The first-order chi connectivity index (χ1) is 17.2. The molecule has 2 amide bonds. The van der Waals surface area contributed by atoms with Crippen LogP contribution >= 0.6 is 0 Å². The van der Waals surface area contributed by atoms with E-state index in [1.807, 2.05) is 0 Å². The summed E-state index contributed by atoms with van der Waals surface area (Å²) in [6.45, 7) is 11.9. The minimum atomic E-state index is -0.914. The van der Waals surface area contributed by atoms with E-state index in [1.165, 1.54) is 6.33 Å². The molecule has 0 spiro atoms. The number of unbranched alkanes of at least 4 members (excludes halogenated alkanes) is 2. The third-order valence-electron chi connectivity index (χ3n) is 5.06. The third-order valence-corrected chi connectivity index (χ3v) is 5.06. The number of carbonyl (C=O) groups excluding carboxylic acids is 4. The molecule has 0 radical (unpaired) electrons. The summed E-state index contributed by atoms with van der Waals surface area (Å²) < 4.78 is 10.9. The molecule has 0 saturated carbocycles. The van der Waals surface area contributed by atoms with E-state index in [1.54, 1.807) is 41.5 Å². The van der Waals surface area contributed by atoms with Crippen LogP contribution in [0.15, 0.2) is 6.33 Å². The van der Waals surface area contributed by atoms with Crippen LogP contribution in [-0.2, 0) is 19.1 Å². The van der Waals surface area contributed by atoms with Crippen molar-refractivity contribution in [3.8, 4) is 0 Å². The average molecular weight is 527 g/mol. The first-order valence-corrected chi connectivity index (χ1v) is 12.9. The summed E-state index contributed by atoms with van der Waals surface area (Å²) >= 11 is 0. The van der Waals surface area contributed by atoms with E-state index >= 15 is 0 Å². The maximum atomic E-state index is 13.1. The molecule has 1 heterocycles. The van der Waals surface area contributed by atoms with Crippen molar-refractivity contribution in [2.24, 2.45) is 0 Å². The van der Waals surface area contributed by atoms with E-state index in [-0.39, 0.29) is 11.4 Å². The van der Waals surface area contributed by atoms with Crippen molar-refractivity contribution in [1.82, 2.24) is 20.6 Å². The molecule has 0 unspecified atom stereocenters. The number of carbonyl (C=O) groups is 4. The molecule has 1 rings (SSSR count). The van der Waals surface area contributed by atoms with Gasteiger partial charge in [-0.1, -0.05) is 0 Å². The lowest BCUT2D eigenvalue weighted by molar-refractivity contribution is -0.368. The monoisotopic (exact) mass is 526 g/mol. The molecule has 1 aromatic heterocycles. The fourth-order valence-corrected chi connectivity index (χ4v) is 3.39. The molecule has 9 N–H and O–H groups in total. The van der Waals surface area contributed by atoms with Gasteiger partial charge in [0.25, 0.3) is 11.8 Å². The number of ether oxygens (including phenoxy) is 2. The maximum Gasteiger partial charge on any atom is 0.329 e. The number of quaternary nitrogens is 2. The van der Waals surface area contributed by atoms with Crippen molar-refractivity contribution >= 4 is 23.8 Å². The second-order valence-corrected chi connectivity index (χ2v) is 10.9. The standard InChI is InChI=1S/C25H44N6O6/c1-24(2,3)36-22(34)16(11-7-9-13-26)30-20(32)18-19(29-15-28-18)21(33)31-17(12-8-10-14-27)23(35)37-25(4,5)6/h15-17H,7-14,26-27H2,1-6H3,(H,28,29)(H,30,32)(H,31,33)/p+2/t16-,17-/m0/s1. The molecule has 0 fully saturated rings. The van der Waals surface area contributed by atoms with Crippen LogP contribution in [-0.4, -0.2) is 70.1 Å². The number of esters is 2. The summed E-state index contributed by atoms with van der Waals surface area (Å²) in [7, 11) is 0. The first kappa shape index (κ1) is 32.0. The molecule has 0 aliphatic heterocycles. The lowest BCUT2D eigenvalue weighted by Crippen LogP contribution is -2.50. The Morgan fingerprint density at radius 2 is 1.24 bits per heavy atom. The van der Waals surface area contributed by atoms with Gasteiger partial charge in [-0.15, -0.1) is 0 Å². The van der Waals surface area contributed by atoms with E-state index in [0.29, 0.717) is 38.8 Å². The van der Waals surface area contributed by atoms with Gasteiger partial charge in [0, 0.05) is 0 Å². The average Bonchev–Trinajstić information content (AvgIpc) is 3.25. The zero-order valence-corrected chi connectivity index (χ0v) is 23.2. The summed E-state index contributed by atoms with van der Waals surface area (Å²) in [6.07, 6.45) is 4.81. The number of nitrogens with zero attached hydrogens (tertiary/aromatic N) is 1. The van der Waals surface area contributed by atoms with Gasteiger partial charge in [-0.2, -0.15) is 0 Å². The van der Waals surface area contributed by atoms with Crippen LogP contribution in [0.5, 0.6) is 0 Å². The Morgan fingerprint density at radius 3 is 1.65 bits per heavy atom. The highest BCUT2D eigenvalue weighted by Crippen LogP contribution is 2.14.